The van der Waals surface area contributed by atoms with Crippen molar-refractivity contribution in [2.75, 3.05) is 19.6 Å². The first-order valence-electron chi connectivity index (χ1n) is 7.64. The highest BCUT2D eigenvalue weighted by atomic mass is 32.2. The third-order valence-corrected chi connectivity index (χ3v) is 5.84. The predicted octanol–water partition coefficient (Wildman–Crippen LogP) is 3.00. The monoisotopic (exact) mass is 271 g/mol. The Morgan fingerprint density at radius 3 is 2.44 bits per heavy atom. The molecule has 5 unspecified atom stereocenters. The highest BCUT2D eigenvalue weighted by Gasteiger charge is 2.31. The Hall–Kier alpha value is 0.270. The lowest BCUT2D eigenvalue weighted by atomic mass is 9.78. The zero-order valence-electron chi connectivity index (χ0n) is 12.1. The van der Waals surface area contributed by atoms with Crippen molar-refractivity contribution in [1.82, 2.24) is 4.90 Å². The van der Waals surface area contributed by atoms with Gasteiger partial charge >= 0.3 is 0 Å². The zero-order chi connectivity index (χ0) is 13.1. The molecule has 0 aromatic carbocycles. The van der Waals surface area contributed by atoms with Crippen molar-refractivity contribution in [3.8, 4) is 0 Å². The molecular formula is C15H29NOS. The van der Waals surface area contributed by atoms with Crippen LogP contribution < -0.4 is 0 Å². The van der Waals surface area contributed by atoms with Gasteiger partial charge in [-0.2, -0.15) is 11.8 Å². The molecule has 0 spiro atoms. The summed E-state index contributed by atoms with van der Waals surface area (Å²) in [5, 5.41) is 11.7. The minimum atomic E-state index is -0.0482. The van der Waals surface area contributed by atoms with Crippen LogP contribution in [0.1, 0.15) is 46.5 Å². The van der Waals surface area contributed by atoms with E-state index in [0.717, 1.165) is 29.4 Å². The van der Waals surface area contributed by atoms with Gasteiger partial charge in [0.15, 0.2) is 0 Å². The van der Waals surface area contributed by atoms with Gasteiger partial charge in [-0.05, 0) is 31.1 Å². The molecule has 1 N–H and O–H groups in total. The number of rotatable bonds is 3. The fraction of sp³-hybridized carbons (Fsp3) is 1.00. The average molecular weight is 271 g/mol. The van der Waals surface area contributed by atoms with Crippen LogP contribution in [0.25, 0.3) is 0 Å². The molecule has 2 nitrogen and oxygen atoms in total. The second kappa shape index (κ2) is 6.62. The third-order valence-electron chi connectivity index (χ3n) is 4.62. The molecule has 2 aliphatic rings. The minimum absolute atomic E-state index is 0.0482. The third kappa shape index (κ3) is 3.88. The second-order valence-corrected chi connectivity index (χ2v) is 8.27. The fourth-order valence-electron chi connectivity index (χ4n) is 3.68. The molecule has 106 valence electrons. The number of aliphatic hydroxyl groups excluding tert-OH is 1. The molecule has 1 aliphatic heterocycles. The second-order valence-electron chi connectivity index (χ2n) is 6.39. The van der Waals surface area contributed by atoms with Gasteiger partial charge in [-0.3, -0.25) is 0 Å². The van der Waals surface area contributed by atoms with E-state index in [-0.39, 0.29) is 6.10 Å². The summed E-state index contributed by atoms with van der Waals surface area (Å²) in [7, 11) is 0. The molecule has 0 bridgehead atoms. The highest BCUT2D eigenvalue weighted by Crippen LogP contribution is 2.33. The van der Waals surface area contributed by atoms with Gasteiger partial charge in [-0.25, -0.2) is 0 Å². The van der Waals surface area contributed by atoms with E-state index in [1.807, 2.05) is 0 Å². The summed E-state index contributed by atoms with van der Waals surface area (Å²) in [6, 6.07) is 0. The summed E-state index contributed by atoms with van der Waals surface area (Å²) in [6.45, 7) is 10.5. The molecule has 18 heavy (non-hydrogen) atoms. The molecule has 0 radical (unpaired) electrons. The Balaban J connectivity index is 1.86. The summed E-state index contributed by atoms with van der Waals surface area (Å²) in [5.41, 5.74) is 0. The summed E-state index contributed by atoms with van der Waals surface area (Å²) in [4.78, 5) is 2.60. The van der Waals surface area contributed by atoms with E-state index < -0.39 is 0 Å². The quantitative estimate of drug-likeness (QED) is 0.853. The molecule has 0 aromatic rings. The molecule has 2 fully saturated rings. The Morgan fingerprint density at radius 2 is 1.83 bits per heavy atom. The lowest BCUT2D eigenvalue weighted by molar-refractivity contribution is 0.0264. The van der Waals surface area contributed by atoms with Crippen molar-refractivity contribution < 1.29 is 5.11 Å². The predicted molar refractivity (Wildman–Crippen MR) is 80.1 cm³/mol. The summed E-state index contributed by atoms with van der Waals surface area (Å²) < 4.78 is 0. The minimum Gasteiger partial charge on any atom is -0.393 e. The molecule has 1 heterocycles. The van der Waals surface area contributed by atoms with E-state index in [0.29, 0.717) is 5.92 Å². The fourth-order valence-corrected chi connectivity index (χ4v) is 5.06. The molecule has 1 saturated heterocycles. The van der Waals surface area contributed by atoms with Crippen LogP contribution in [-0.4, -0.2) is 46.2 Å². The molecule has 0 amide bonds. The topological polar surface area (TPSA) is 23.5 Å². The van der Waals surface area contributed by atoms with Gasteiger partial charge in [-0.1, -0.05) is 27.2 Å². The Labute approximate surface area is 117 Å². The normalized spacial score (nSPS) is 43.0. The van der Waals surface area contributed by atoms with Crippen LogP contribution in [0.3, 0.4) is 0 Å². The van der Waals surface area contributed by atoms with Crippen molar-refractivity contribution in [3.63, 3.8) is 0 Å². The summed E-state index contributed by atoms with van der Waals surface area (Å²) in [5.74, 6) is 1.37. The first-order chi connectivity index (χ1) is 8.58. The van der Waals surface area contributed by atoms with Gasteiger partial charge in [0.2, 0.25) is 0 Å². The first kappa shape index (κ1) is 14.7. The molecule has 0 aromatic heterocycles. The lowest BCUT2D eigenvalue weighted by Gasteiger charge is -2.40. The first-order valence-corrected chi connectivity index (χ1v) is 8.58. The van der Waals surface area contributed by atoms with Gasteiger partial charge in [0, 0.05) is 30.1 Å². The van der Waals surface area contributed by atoms with Crippen LogP contribution in [0.5, 0.6) is 0 Å². The van der Waals surface area contributed by atoms with Crippen molar-refractivity contribution in [3.05, 3.63) is 0 Å². The maximum atomic E-state index is 10.2. The van der Waals surface area contributed by atoms with Gasteiger partial charge < -0.3 is 10.0 Å². The summed E-state index contributed by atoms with van der Waals surface area (Å²) in [6.07, 6.45) is 4.73. The number of nitrogens with zero attached hydrogens (tertiary/aromatic N) is 1. The van der Waals surface area contributed by atoms with E-state index in [9.17, 15) is 5.11 Å². The number of hydrogen-bond acceptors (Lipinski definition) is 3. The van der Waals surface area contributed by atoms with Crippen LogP contribution in [0.4, 0.5) is 0 Å². The van der Waals surface area contributed by atoms with Crippen molar-refractivity contribution in [2.24, 2.45) is 11.8 Å². The van der Waals surface area contributed by atoms with E-state index in [1.54, 1.807) is 0 Å². The smallest absolute Gasteiger partial charge is 0.0580 e. The maximum absolute atomic E-state index is 10.2. The number of hydrogen-bond donors (Lipinski definition) is 1. The van der Waals surface area contributed by atoms with Crippen LogP contribution in [0.2, 0.25) is 0 Å². The van der Waals surface area contributed by atoms with Crippen molar-refractivity contribution in [1.29, 1.82) is 0 Å². The van der Waals surface area contributed by atoms with Gasteiger partial charge in [-0.15, -0.1) is 0 Å². The molecule has 1 saturated carbocycles. The molecular weight excluding hydrogens is 242 g/mol. The molecule has 5 atom stereocenters. The Morgan fingerprint density at radius 1 is 1.17 bits per heavy atom. The van der Waals surface area contributed by atoms with Crippen molar-refractivity contribution >= 4 is 11.8 Å². The zero-order valence-corrected chi connectivity index (χ0v) is 13.0. The van der Waals surface area contributed by atoms with Crippen LogP contribution in [0.15, 0.2) is 0 Å². The lowest BCUT2D eigenvalue weighted by Crippen LogP contribution is -2.46. The molecule has 2 rings (SSSR count). The van der Waals surface area contributed by atoms with Crippen molar-refractivity contribution in [2.45, 2.75) is 63.1 Å². The molecule has 3 heteroatoms. The van der Waals surface area contributed by atoms with E-state index in [2.05, 4.69) is 37.4 Å². The number of thioether (sulfide) groups is 1. The largest absolute Gasteiger partial charge is 0.393 e. The Kier molecular flexibility index (Phi) is 5.40. The maximum Gasteiger partial charge on any atom is 0.0580 e. The van der Waals surface area contributed by atoms with Gasteiger partial charge in [0.05, 0.1) is 6.10 Å². The SMILES string of the molecule is CCC1CCC(O)C(CN2CC(C)SC(C)C2)C1. The number of aliphatic hydroxyl groups is 1. The van der Waals surface area contributed by atoms with Gasteiger partial charge in [0.1, 0.15) is 0 Å². The standard InChI is InChI=1S/C15H29NOS/c1-4-13-5-6-15(17)14(7-13)10-16-8-11(2)18-12(3)9-16/h11-15,17H,4-10H2,1-3H3. The average Bonchev–Trinajstić information content (AvgIpc) is 2.30. The van der Waals surface area contributed by atoms with Crippen LogP contribution in [-0.2, 0) is 0 Å². The Bertz CT molecular complexity index is 251. The van der Waals surface area contributed by atoms with E-state index >= 15 is 0 Å². The van der Waals surface area contributed by atoms with Crippen LogP contribution >= 0.6 is 11.8 Å². The van der Waals surface area contributed by atoms with E-state index in [1.165, 1.54) is 32.4 Å². The van der Waals surface area contributed by atoms with Crippen LogP contribution in [0, 0.1) is 11.8 Å². The highest BCUT2D eigenvalue weighted by molar-refractivity contribution is 8.00. The van der Waals surface area contributed by atoms with Gasteiger partial charge in [0.25, 0.3) is 0 Å². The summed E-state index contributed by atoms with van der Waals surface area (Å²) >= 11 is 2.11. The molecule has 1 aliphatic carbocycles. The van der Waals surface area contributed by atoms with E-state index in [4.69, 9.17) is 0 Å².